The number of nitrogens with zero attached hydrogens (tertiary/aromatic N) is 1. The molecule has 0 saturated carbocycles. The third-order valence-electron chi connectivity index (χ3n) is 1.92. The highest BCUT2D eigenvalue weighted by Crippen LogP contribution is 2.24. The van der Waals surface area contributed by atoms with Crippen LogP contribution in [0.3, 0.4) is 0 Å². The standard InChI is InChI=1S/C9H5ClF2N2O3S/c10-5-3-8(7(12)4-6(5)11)18(15,16)14-9-13-1-2-17-9/h1-4H,(H,13,14). The van der Waals surface area contributed by atoms with Crippen LogP contribution in [-0.4, -0.2) is 13.4 Å². The molecule has 0 aliphatic heterocycles. The zero-order valence-electron chi connectivity index (χ0n) is 8.52. The maximum absolute atomic E-state index is 13.4. The fourth-order valence-electron chi connectivity index (χ4n) is 1.15. The van der Waals surface area contributed by atoms with Gasteiger partial charge in [0.2, 0.25) is 0 Å². The van der Waals surface area contributed by atoms with Crippen LogP contribution >= 0.6 is 11.6 Å². The van der Waals surface area contributed by atoms with Crippen molar-refractivity contribution < 1.29 is 21.6 Å². The molecule has 1 aromatic heterocycles. The second-order valence-electron chi connectivity index (χ2n) is 3.14. The van der Waals surface area contributed by atoms with Crippen LogP contribution in [0.25, 0.3) is 0 Å². The van der Waals surface area contributed by atoms with Crippen molar-refractivity contribution in [1.29, 1.82) is 0 Å². The molecular formula is C9H5ClF2N2O3S. The molecule has 1 N–H and O–H groups in total. The summed E-state index contributed by atoms with van der Waals surface area (Å²) in [6.45, 7) is 0. The molecule has 0 radical (unpaired) electrons. The number of nitrogens with one attached hydrogen (secondary N) is 1. The summed E-state index contributed by atoms with van der Waals surface area (Å²) in [7, 11) is -4.29. The molecule has 18 heavy (non-hydrogen) atoms. The monoisotopic (exact) mass is 294 g/mol. The highest BCUT2D eigenvalue weighted by molar-refractivity contribution is 7.92. The van der Waals surface area contributed by atoms with Crippen LogP contribution in [0.15, 0.2) is 33.9 Å². The number of hydrogen-bond donors (Lipinski definition) is 1. The van der Waals surface area contributed by atoms with E-state index in [2.05, 4.69) is 9.40 Å². The summed E-state index contributed by atoms with van der Waals surface area (Å²) in [5, 5.41) is -0.510. The first-order valence-electron chi connectivity index (χ1n) is 4.47. The Kier molecular flexibility index (Phi) is 3.22. The van der Waals surface area contributed by atoms with Gasteiger partial charge >= 0.3 is 6.01 Å². The molecule has 0 spiro atoms. The lowest BCUT2D eigenvalue weighted by Crippen LogP contribution is -2.15. The topological polar surface area (TPSA) is 72.2 Å². The van der Waals surface area contributed by atoms with E-state index in [9.17, 15) is 17.2 Å². The molecular weight excluding hydrogens is 290 g/mol. The number of anilines is 1. The van der Waals surface area contributed by atoms with E-state index in [4.69, 9.17) is 11.6 Å². The molecule has 9 heteroatoms. The van der Waals surface area contributed by atoms with Crippen LogP contribution in [0.1, 0.15) is 0 Å². The molecule has 5 nitrogen and oxygen atoms in total. The Labute approximate surface area is 105 Å². The van der Waals surface area contributed by atoms with Gasteiger partial charge in [-0.3, -0.25) is 0 Å². The number of rotatable bonds is 3. The Balaban J connectivity index is 2.44. The van der Waals surface area contributed by atoms with Gasteiger partial charge in [0.25, 0.3) is 10.0 Å². The van der Waals surface area contributed by atoms with Gasteiger partial charge in [-0.05, 0) is 6.07 Å². The van der Waals surface area contributed by atoms with Crippen molar-refractivity contribution >= 4 is 27.6 Å². The highest BCUT2D eigenvalue weighted by atomic mass is 35.5. The van der Waals surface area contributed by atoms with E-state index in [-0.39, 0.29) is 6.01 Å². The Morgan fingerprint density at radius 2 is 2.00 bits per heavy atom. The SMILES string of the molecule is O=S(=O)(Nc1ncco1)c1cc(Cl)c(F)cc1F. The van der Waals surface area contributed by atoms with Gasteiger partial charge in [-0.15, -0.1) is 0 Å². The number of sulfonamides is 1. The van der Waals surface area contributed by atoms with Gasteiger partial charge in [-0.25, -0.2) is 26.9 Å². The minimum atomic E-state index is -4.29. The third-order valence-corrected chi connectivity index (χ3v) is 3.54. The predicted octanol–water partition coefficient (Wildman–Crippen LogP) is 2.41. The largest absolute Gasteiger partial charge is 0.432 e. The van der Waals surface area contributed by atoms with E-state index >= 15 is 0 Å². The zero-order chi connectivity index (χ0) is 13.3. The first-order chi connectivity index (χ1) is 8.40. The lowest BCUT2D eigenvalue weighted by atomic mass is 10.3. The minimum Gasteiger partial charge on any atom is -0.432 e. The van der Waals surface area contributed by atoms with Crippen molar-refractivity contribution in [3.05, 3.63) is 41.2 Å². The number of halogens is 3. The first kappa shape index (κ1) is 12.8. The average Bonchev–Trinajstić information content (AvgIpc) is 2.75. The molecule has 0 atom stereocenters. The molecule has 96 valence electrons. The molecule has 0 fully saturated rings. The second-order valence-corrected chi connectivity index (χ2v) is 5.20. The number of hydrogen-bond acceptors (Lipinski definition) is 4. The quantitative estimate of drug-likeness (QED) is 0.882. The van der Waals surface area contributed by atoms with Crippen LogP contribution < -0.4 is 4.72 Å². The summed E-state index contributed by atoms with van der Waals surface area (Å²) >= 11 is 5.40. The fourth-order valence-corrected chi connectivity index (χ4v) is 2.41. The van der Waals surface area contributed by atoms with Gasteiger partial charge in [0.15, 0.2) is 0 Å². The van der Waals surface area contributed by atoms with Crippen molar-refractivity contribution in [3.63, 3.8) is 0 Å². The number of aromatic nitrogens is 1. The van der Waals surface area contributed by atoms with Crippen molar-refractivity contribution in [3.8, 4) is 0 Å². The molecule has 2 rings (SSSR count). The molecule has 0 amide bonds. The summed E-state index contributed by atoms with van der Waals surface area (Å²) in [5.41, 5.74) is 0. The minimum absolute atomic E-state index is 0.338. The first-order valence-corrected chi connectivity index (χ1v) is 6.33. The summed E-state index contributed by atoms with van der Waals surface area (Å²) in [4.78, 5) is 2.71. The van der Waals surface area contributed by atoms with Crippen LogP contribution in [-0.2, 0) is 10.0 Å². The van der Waals surface area contributed by atoms with Crippen molar-refractivity contribution in [2.24, 2.45) is 0 Å². The second kappa shape index (κ2) is 4.54. The Morgan fingerprint density at radius 1 is 1.28 bits per heavy atom. The molecule has 0 saturated heterocycles. The molecule has 0 aliphatic carbocycles. The van der Waals surface area contributed by atoms with Crippen LogP contribution in [0.5, 0.6) is 0 Å². The van der Waals surface area contributed by atoms with E-state index in [1.807, 2.05) is 4.72 Å². The van der Waals surface area contributed by atoms with Gasteiger partial charge < -0.3 is 4.42 Å². The molecule has 0 aliphatic rings. The van der Waals surface area contributed by atoms with Gasteiger partial charge in [0.1, 0.15) is 22.8 Å². The molecule has 0 unspecified atom stereocenters. The lowest BCUT2D eigenvalue weighted by molar-refractivity contribution is 0.547. The average molecular weight is 295 g/mol. The van der Waals surface area contributed by atoms with Crippen LogP contribution in [0.4, 0.5) is 14.8 Å². The highest BCUT2D eigenvalue weighted by Gasteiger charge is 2.23. The van der Waals surface area contributed by atoms with Crippen molar-refractivity contribution in [1.82, 2.24) is 4.98 Å². The van der Waals surface area contributed by atoms with Gasteiger partial charge in [0.05, 0.1) is 11.2 Å². The third kappa shape index (κ3) is 2.44. The number of benzene rings is 1. The van der Waals surface area contributed by atoms with E-state index < -0.39 is 31.6 Å². The summed E-state index contributed by atoms with van der Waals surface area (Å²) in [6, 6.07) is 0.707. The van der Waals surface area contributed by atoms with E-state index in [1.165, 1.54) is 6.20 Å². The predicted molar refractivity (Wildman–Crippen MR) is 58.7 cm³/mol. The lowest BCUT2D eigenvalue weighted by Gasteiger charge is -2.06. The molecule has 1 aromatic carbocycles. The summed E-state index contributed by atoms with van der Waals surface area (Å²) in [6.07, 6.45) is 2.33. The van der Waals surface area contributed by atoms with E-state index in [1.54, 1.807) is 0 Å². The van der Waals surface area contributed by atoms with Crippen molar-refractivity contribution in [2.75, 3.05) is 4.72 Å². The van der Waals surface area contributed by atoms with Crippen LogP contribution in [0.2, 0.25) is 5.02 Å². The summed E-state index contributed by atoms with van der Waals surface area (Å²) < 4.78 is 56.3. The smallest absolute Gasteiger partial charge is 0.308 e. The molecule has 0 bridgehead atoms. The Bertz CT molecular complexity index is 673. The summed E-state index contributed by atoms with van der Waals surface area (Å²) in [5.74, 6) is -2.32. The molecule has 1 heterocycles. The van der Waals surface area contributed by atoms with E-state index in [0.717, 1.165) is 6.26 Å². The van der Waals surface area contributed by atoms with Crippen molar-refractivity contribution in [2.45, 2.75) is 4.90 Å². The van der Waals surface area contributed by atoms with Gasteiger partial charge in [-0.1, -0.05) is 11.6 Å². The van der Waals surface area contributed by atoms with Gasteiger partial charge in [0, 0.05) is 6.07 Å². The maximum atomic E-state index is 13.4. The van der Waals surface area contributed by atoms with Crippen LogP contribution in [0, 0.1) is 11.6 Å². The normalized spacial score (nSPS) is 11.5. The maximum Gasteiger partial charge on any atom is 0.308 e. The Hall–Kier alpha value is -1.67. The van der Waals surface area contributed by atoms with E-state index in [0.29, 0.717) is 12.1 Å². The number of oxazole rings is 1. The molecule has 2 aromatic rings. The Morgan fingerprint density at radius 3 is 2.61 bits per heavy atom. The van der Waals surface area contributed by atoms with Gasteiger partial charge in [-0.2, -0.15) is 0 Å². The fraction of sp³-hybridized carbons (Fsp3) is 0. The zero-order valence-corrected chi connectivity index (χ0v) is 10.1.